The smallest absolute Gasteiger partial charge is 0.234 e. The number of carbonyl (C=O) groups is 1. The number of amides is 1. The second-order valence-electron chi connectivity index (χ2n) is 5.70. The highest BCUT2D eigenvalue weighted by molar-refractivity contribution is 9.10. The van der Waals surface area contributed by atoms with Crippen LogP contribution in [0.1, 0.15) is 36.7 Å². The van der Waals surface area contributed by atoms with E-state index in [1.54, 1.807) is 0 Å². The van der Waals surface area contributed by atoms with Crippen molar-refractivity contribution in [3.8, 4) is 0 Å². The molecule has 0 aliphatic carbocycles. The molecule has 0 radical (unpaired) electrons. The summed E-state index contributed by atoms with van der Waals surface area (Å²) in [6, 6.07) is 6.18. The van der Waals surface area contributed by atoms with E-state index < -0.39 is 0 Å². The summed E-state index contributed by atoms with van der Waals surface area (Å²) in [6.07, 6.45) is 1.45. The fraction of sp³-hybridized carbons (Fsp3) is 0.400. The first kappa shape index (κ1) is 14.3. The van der Waals surface area contributed by atoms with Gasteiger partial charge in [-0.1, -0.05) is 35.8 Å². The summed E-state index contributed by atoms with van der Waals surface area (Å²) in [4.78, 5) is 18.9. The topological polar surface area (TPSA) is 61.9 Å². The fourth-order valence-corrected chi connectivity index (χ4v) is 3.21. The molecule has 1 aliphatic heterocycles. The van der Waals surface area contributed by atoms with Crippen molar-refractivity contribution in [3.63, 3.8) is 0 Å². The zero-order valence-electron chi connectivity index (χ0n) is 12.0. The number of fused-ring (bicyclic) bond motifs is 1. The van der Waals surface area contributed by atoms with E-state index in [2.05, 4.69) is 43.2 Å². The van der Waals surface area contributed by atoms with Gasteiger partial charge in [0.1, 0.15) is 12.2 Å². The van der Waals surface area contributed by atoms with Crippen LogP contribution in [-0.4, -0.2) is 26.0 Å². The molecule has 3 rings (SSSR count). The van der Waals surface area contributed by atoms with Crippen LogP contribution in [0.5, 0.6) is 0 Å². The molecule has 0 fully saturated rings. The Balaban J connectivity index is 1.83. The Bertz CT molecular complexity index is 654. The number of carbonyl (C=O) groups excluding carboxylic acids is 1. The summed E-state index contributed by atoms with van der Waals surface area (Å²) in [5, 5.41) is 6.71. The minimum Gasteiger partial charge on any atom is -0.333 e. The Morgan fingerprint density at radius 2 is 2.10 bits per heavy atom. The molecular formula is C15H17BrN4O. The van der Waals surface area contributed by atoms with E-state index in [0.29, 0.717) is 18.9 Å². The standard InChI is InChI=1S/C15H17BrN4O/c1-9(2)13(14-17-8-18-19-14)15(21)20-6-10-3-4-12(16)5-11(10)7-20/h3-5,8-9,13H,6-7H2,1-2H3,(H,17,18,19). The van der Waals surface area contributed by atoms with E-state index >= 15 is 0 Å². The van der Waals surface area contributed by atoms with Crippen LogP contribution in [0.25, 0.3) is 0 Å². The molecule has 0 saturated carbocycles. The number of rotatable bonds is 3. The van der Waals surface area contributed by atoms with Gasteiger partial charge in [-0.25, -0.2) is 4.98 Å². The van der Waals surface area contributed by atoms with E-state index in [9.17, 15) is 4.79 Å². The molecule has 1 aliphatic rings. The van der Waals surface area contributed by atoms with Gasteiger partial charge in [-0.15, -0.1) is 0 Å². The lowest BCUT2D eigenvalue weighted by atomic mass is 9.93. The number of nitrogens with zero attached hydrogens (tertiary/aromatic N) is 3. The van der Waals surface area contributed by atoms with Gasteiger partial charge in [-0.3, -0.25) is 9.89 Å². The number of nitrogens with one attached hydrogen (secondary N) is 1. The number of aromatic nitrogens is 3. The van der Waals surface area contributed by atoms with Crippen LogP contribution >= 0.6 is 15.9 Å². The van der Waals surface area contributed by atoms with Gasteiger partial charge in [-0.2, -0.15) is 5.10 Å². The van der Waals surface area contributed by atoms with Crippen molar-refractivity contribution in [1.82, 2.24) is 20.1 Å². The van der Waals surface area contributed by atoms with Gasteiger partial charge in [0.15, 0.2) is 0 Å². The first-order chi connectivity index (χ1) is 10.1. The van der Waals surface area contributed by atoms with E-state index in [1.807, 2.05) is 24.8 Å². The van der Waals surface area contributed by atoms with Crippen molar-refractivity contribution in [2.45, 2.75) is 32.9 Å². The van der Waals surface area contributed by atoms with Gasteiger partial charge in [0, 0.05) is 17.6 Å². The SMILES string of the molecule is CC(C)C(C(=O)N1Cc2ccc(Br)cc2C1)c1ncn[nH]1. The number of H-pyrrole nitrogens is 1. The highest BCUT2D eigenvalue weighted by Crippen LogP contribution is 2.30. The van der Waals surface area contributed by atoms with E-state index in [1.165, 1.54) is 17.5 Å². The van der Waals surface area contributed by atoms with Crippen LogP contribution in [0.3, 0.4) is 0 Å². The summed E-state index contributed by atoms with van der Waals surface area (Å²) in [5.41, 5.74) is 2.42. The zero-order valence-corrected chi connectivity index (χ0v) is 13.6. The molecule has 1 unspecified atom stereocenters. The quantitative estimate of drug-likeness (QED) is 0.927. The van der Waals surface area contributed by atoms with Crippen LogP contribution in [0.4, 0.5) is 0 Å². The summed E-state index contributed by atoms with van der Waals surface area (Å²) in [7, 11) is 0. The largest absolute Gasteiger partial charge is 0.333 e. The normalized spacial score (nSPS) is 15.3. The number of hydrogen-bond acceptors (Lipinski definition) is 3. The summed E-state index contributed by atoms with van der Waals surface area (Å²) < 4.78 is 1.05. The molecule has 21 heavy (non-hydrogen) atoms. The first-order valence-corrected chi connectivity index (χ1v) is 7.77. The highest BCUT2D eigenvalue weighted by atomic mass is 79.9. The van der Waals surface area contributed by atoms with Crippen molar-refractivity contribution >= 4 is 21.8 Å². The minimum absolute atomic E-state index is 0.106. The van der Waals surface area contributed by atoms with Crippen LogP contribution in [0.15, 0.2) is 29.0 Å². The predicted molar refractivity (Wildman–Crippen MR) is 82.4 cm³/mol. The number of benzene rings is 1. The van der Waals surface area contributed by atoms with E-state index in [0.717, 1.165) is 4.47 Å². The third-order valence-electron chi connectivity index (χ3n) is 3.86. The lowest BCUT2D eigenvalue weighted by molar-refractivity contribution is -0.134. The third-order valence-corrected chi connectivity index (χ3v) is 4.36. The van der Waals surface area contributed by atoms with Gasteiger partial charge in [0.25, 0.3) is 0 Å². The maximum Gasteiger partial charge on any atom is 0.234 e. The molecule has 2 aromatic rings. The molecule has 1 aromatic heterocycles. The van der Waals surface area contributed by atoms with E-state index in [-0.39, 0.29) is 17.7 Å². The average molecular weight is 349 g/mol. The Morgan fingerprint density at radius 3 is 2.76 bits per heavy atom. The number of aromatic amines is 1. The molecule has 6 heteroatoms. The predicted octanol–water partition coefficient (Wildman–Crippen LogP) is 2.85. The summed E-state index contributed by atoms with van der Waals surface area (Å²) >= 11 is 3.48. The molecular weight excluding hydrogens is 332 g/mol. The number of hydrogen-bond donors (Lipinski definition) is 1. The minimum atomic E-state index is -0.273. The molecule has 110 valence electrons. The molecule has 1 aromatic carbocycles. The molecule has 1 atom stereocenters. The van der Waals surface area contributed by atoms with Crippen LogP contribution in [-0.2, 0) is 17.9 Å². The third kappa shape index (κ3) is 2.72. The Hall–Kier alpha value is -1.69. The molecule has 0 saturated heterocycles. The zero-order chi connectivity index (χ0) is 15.0. The maximum atomic E-state index is 12.9. The Kier molecular flexibility index (Phi) is 3.80. The van der Waals surface area contributed by atoms with Gasteiger partial charge >= 0.3 is 0 Å². The van der Waals surface area contributed by atoms with Gasteiger partial charge < -0.3 is 4.90 Å². The second-order valence-corrected chi connectivity index (χ2v) is 6.62. The average Bonchev–Trinajstić information content (AvgIpc) is 3.06. The molecule has 5 nitrogen and oxygen atoms in total. The highest BCUT2D eigenvalue weighted by Gasteiger charge is 2.33. The Morgan fingerprint density at radius 1 is 1.33 bits per heavy atom. The summed E-state index contributed by atoms with van der Waals surface area (Å²) in [5.74, 6) is 0.646. The second kappa shape index (κ2) is 5.60. The fourth-order valence-electron chi connectivity index (χ4n) is 2.80. The molecule has 1 amide bonds. The molecule has 1 N–H and O–H groups in total. The van der Waals surface area contributed by atoms with Gasteiger partial charge in [-0.05, 0) is 29.2 Å². The van der Waals surface area contributed by atoms with E-state index in [4.69, 9.17) is 0 Å². The van der Waals surface area contributed by atoms with Crippen molar-refractivity contribution in [3.05, 3.63) is 46.0 Å². The van der Waals surface area contributed by atoms with Gasteiger partial charge in [0.2, 0.25) is 5.91 Å². The lowest BCUT2D eigenvalue weighted by Crippen LogP contribution is -2.33. The monoisotopic (exact) mass is 348 g/mol. The Labute approximate surface area is 131 Å². The lowest BCUT2D eigenvalue weighted by Gasteiger charge is -2.24. The molecule has 0 bridgehead atoms. The molecule has 0 spiro atoms. The van der Waals surface area contributed by atoms with Crippen molar-refractivity contribution in [1.29, 1.82) is 0 Å². The first-order valence-electron chi connectivity index (χ1n) is 6.97. The van der Waals surface area contributed by atoms with Crippen LogP contribution < -0.4 is 0 Å². The molecule has 2 heterocycles. The van der Waals surface area contributed by atoms with Crippen LogP contribution in [0, 0.1) is 5.92 Å². The number of halogens is 1. The van der Waals surface area contributed by atoms with Gasteiger partial charge in [0.05, 0.1) is 5.92 Å². The van der Waals surface area contributed by atoms with Crippen molar-refractivity contribution in [2.75, 3.05) is 0 Å². The maximum absolute atomic E-state index is 12.9. The van der Waals surface area contributed by atoms with Crippen molar-refractivity contribution < 1.29 is 4.79 Å². The van der Waals surface area contributed by atoms with Crippen LogP contribution in [0.2, 0.25) is 0 Å². The van der Waals surface area contributed by atoms with Crippen molar-refractivity contribution in [2.24, 2.45) is 5.92 Å². The summed E-state index contributed by atoms with van der Waals surface area (Å²) in [6.45, 7) is 5.39.